The molecule has 0 N–H and O–H groups in total. The van der Waals surface area contributed by atoms with Crippen molar-refractivity contribution < 1.29 is 28.6 Å². The lowest BCUT2D eigenvalue weighted by atomic mass is 9.52. The molecule has 1 heterocycles. The average Bonchev–Trinajstić information content (AvgIpc) is 3.11. The maximum atomic E-state index is 13.3. The number of alkyl halides is 2. The van der Waals surface area contributed by atoms with Crippen LogP contribution in [0, 0.1) is 22.7 Å². The Labute approximate surface area is 174 Å². The van der Waals surface area contributed by atoms with Crippen molar-refractivity contribution in [2.45, 2.75) is 68.7 Å². The average molecular weight is 433 g/mol. The van der Waals surface area contributed by atoms with Crippen molar-refractivity contribution in [2.75, 3.05) is 13.2 Å². The van der Waals surface area contributed by atoms with Gasteiger partial charge in [-0.3, -0.25) is 14.4 Å². The van der Waals surface area contributed by atoms with Gasteiger partial charge in [0.05, 0.1) is 30.0 Å². The molecule has 0 radical (unpaired) electrons. The minimum absolute atomic E-state index is 0.0170. The van der Waals surface area contributed by atoms with Crippen LogP contribution in [0.2, 0.25) is 0 Å². The third-order valence-electron chi connectivity index (χ3n) is 7.54. The predicted molar refractivity (Wildman–Crippen MR) is 101 cm³/mol. The molecule has 5 unspecified atom stereocenters. The van der Waals surface area contributed by atoms with E-state index < -0.39 is 44.6 Å². The molecule has 6 nitrogen and oxygen atoms in total. The molecule has 0 amide bonds. The Morgan fingerprint density at radius 3 is 2.54 bits per heavy atom. The summed E-state index contributed by atoms with van der Waals surface area (Å²) in [5.41, 5.74) is -3.10. The molecular weight excluding hydrogens is 407 g/mol. The Morgan fingerprint density at radius 1 is 1.14 bits per heavy atom. The van der Waals surface area contributed by atoms with Crippen LogP contribution in [0.15, 0.2) is 0 Å². The van der Waals surface area contributed by atoms with Crippen LogP contribution in [0.5, 0.6) is 0 Å². The summed E-state index contributed by atoms with van der Waals surface area (Å²) in [4.78, 5) is 39.0. The third-order valence-corrected chi connectivity index (χ3v) is 8.83. The monoisotopic (exact) mass is 432 g/mol. The van der Waals surface area contributed by atoms with Gasteiger partial charge in [0.15, 0.2) is 9.93 Å². The van der Waals surface area contributed by atoms with Crippen LogP contribution in [-0.2, 0) is 28.6 Å². The lowest BCUT2D eigenvalue weighted by molar-refractivity contribution is -0.190. The summed E-state index contributed by atoms with van der Waals surface area (Å²) in [6.45, 7) is 3.85. The Morgan fingerprint density at radius 2 is 1.86 bits per heavy atom. The van der Waals surface area contributed by atoms with E-state index in [9.17, 15) is 14.4 Å². The van der Waals surface area contributed by atoms with Gasteiger partial charge in [-0.1, -0.05) is 36.0 Å². The van der Waals surface area contributed by atoms with Crippen LogP contribution in [0.1, 0.15) is 58.8 Å². The van der Waals surface area contributed by atoms with E-state index in [2.05, 4.69) is 0 Å². The zero-order valence-corrected chi connectivity index (χ0v) is 17.7. The van der Waals surface area contributed by atoms with Crippen molar-refractivity contribution in [1.29, 1.82) is 0 Å². The molecule has 5 atom stereocenters. The first-order chi connectivity index (χ1) is 13.2. The standard InChI is InChI=1S/C20H26Cl2O6/c1-3-26-15(24)14-12-7-5-6-9-18(12)19(20(18,21)22)11-17(14,16(25)27-4-2)10-8-13(23)28-19/h12,14H,3-11H2,1-2H3. The van der Waals surface area contributed by atoms with Gasteiger partial charge in [0, 0.05) is 12.8 Å². The summed E-state index contributed by atoms with van der Waals surface area (Å²) in [6, 6.07) is 0. The predicted octanol–water partition coefficient (Wildman–Crippen LogP) is 3.56. The van der Waals surface area contributed by atoms with Crippen molar-refractivity contribution in [3.8, 4) is 0 Å². The molecule has 156 valence electrons. The van der Waals surface area contributed by atoms with E-state index in [0.717, 1.165) is 12.8 Å². The van der Waals surface area contributed by atoms with Gasteiger partial charge in [0.1, 0.15) is 0 Å². The molecule has 3 saturated carbocycles. The van der Waals surface area contributed by atoms with E-state index in [4.69, 9.17) is 37.4 Å². The molecular formula is C20H26Cl2O6. The quantitative estimate of drug-likeness (QED) is 0.383. The van der Waals surface area contributed by atoms with E-state index in [1.807, 2.05) is 0 Å². The number of rotatable bonds is 4. The van der Waals surface area contributed by atoms with Crippen molar-refractivity contribution in [3.05, 3.63) is 0 Å². The molecule has 4 fully saturated rings. The van der Waals surface area contributed by atoms with Crippen molar-refractivity contribution >= 4 is 41.1 Å². The Hall–Kier alpha value is -1.01. The minimum Gasteiger partial charge on any atom is -0.466 e. The molecule has 28 heavy (non-hydrogen) atoms. The Kier molecular flexibility index (Phi) is 4.70. The summed E-state index contributed by atoms with van der Waals surface area (Å²) in [5.74, 6) is -2.38. The molecule has 8 heteroatoms. The summed E-state index contributed by atoms with van der Waals surface area (Å²) >= 11 is 13.7. The normalized spacial score (nSPS) is 42.9. The van der Waals surface area contributed by atoms with E-state index in [1.54, 1.807) is 13.8 Å². The maximum Gasteiger partial charge on any atom is 0.313 e. The molecule has 0 aromatic rings. The molecule has 4 rings (SSSR count). The van der Waals surface area contributed by atoms with Crippen LogP contribution in [-0.4, -0.2) is 41.1 Å². The molecule has 1 aliphatic heterocycles. The zero-order valence-electron chi connectivity index (χ0n) is 16.2. The minimum atomic E-state index is -1.33. The molecule has 2 bridgehead atoms. The molecule has 4 aliphatic rings. The van der Waals surface area contributed by atoms with Gasteiger partial charge in [-0.2, -0.15) is 0 Å². The molecule has 3 aliphatic carbocycles. The van der Waals surface area contributed by atoms with Gasteiger partial charge in [0.2, 0.25) is 0 Å². The smallest absolute Gasteiger partial charge is 0.313 e. The largest absolute Gasteiger partial charge is 0.466 e. The highest BCUT2D eigenvalue weighted by Gasteiger charge is 2.96. The molecule has 0 aromatic heterocycles. The summed E-state index contributed by atoms with van der Waals surface area (Å²) in [7, 11) is 0. The summed E-state index contributed by atoms with van der Waals surface area (Å²) in [5, 5.41) is 0. The number of halogens is 2. The number of hydrogen-bond donors (Lipinski definition) is 0. The first kappa shape index (κ1) is 20.3. The number of esters is 3. The number of hydrogen-bond acceptors (Lipinski definition) is 6. The van der Waals surface area contributed by atoms with Crippen molar-refractivity contribution in [3.63, 3.8) is 0 Å². The second-order valence-electron chi connectivity index (χ2n) is 8.48. The highest BCUT2D eigenvalue weighted by atomic mass is 35.5. The Bertz CT molecular complexity index is 723. The van der Waals surface area contributed by atoms with Gasteiger partial charge >= 0.3 is 17.9 Å². The van der Waals surface area contributed by atoms with E-state index in [-0.39, 0.29) is 38.4 Å². The number of carbonyl (C=O) groups excluding carboxylic acids is 3. The zero-order chi connectivity index (χ0) is 20.4. The first-order valence-electron chi connectivity index (χ1n) is 10.2. The van der Waals surface area contributed by atoms with Crippen LogP contribution in [0.25, 0.3) is 0 Å². The van der Waals surface area contributed by atoms with Crippen LogP contribution < -0.4 is 0 Å². The first-order valence-corrected chi connectivity index (χ1v) is 10.9. The van der Waals surface area contributed by atoms with Crippen molar-refractivity contribution in [1.82, 2.24) is 0 Å². The van der Waals surface area contributed by atoms with E-state index >= 15 is 0 Å². The summed E-state index contributed by atoms with van der Waals surface area (Å²) in [6.07, 6.45) is 3.43. The second kappa shape index (κ2) is 6.49. The van der Waals surface area contributed by atoms with Gasteiger partial charge < -0.3 is 14.2 Å². The Balaban J connectivity index is 1.92. The van der Waals surface area contributed by atoms with E-state index in [0.29, 0.717) is 12.8 Å². The fourth-order valence-corrected chi connectivity index (χ4v) is 7.79. The van der Waals surface area contributed by atoms with Crippen molar-refractivity contribution in [2.24, 2.45) is 22.7 Å². The summed E-state index contributed by atoms with van der Waals surface area (Å²) < 4.78 is 15.4. The fraction of sp³-hybridized carbons (Fsp3) is 0.850. The van der Waals surface area contributed by atoms with E-state index in [1.165, 1.54) is 0 Å². The highest BCUT2D eigenvalue weighted by Crippen LogP contribution is 2.87. The molecule has 1 saturated heterocycles. The van der Waals surface area contributed by atoms with Crippen LogP contribution in [0.3, 0.4) is 0 Å². The van der Waals surface area contributed by atoms with Crippen LogP contribution in [0.4, 0.5) is 0 Å². The SMILES string of the molecule is CCOC(=O)C1C2CCCCC23C(Cl)(Cl)C32CC1(C(=O)OCC)CCC(=O)O2. The number of carbonyl (C=O) groups is 3. The van der Waals surface area contributed by atoms with Gasteiger partial charge in [-0.15, -0.1) is 0 Å². The van der Waals surface area contributed by atoms with Gasteiger partial charge in [-0.05, 0) is 39.0 Å². The molecule has 0 aromatic carbocycles. The third kappa shape index (κ3) is 2.19. The topological polar surface area (TPSA) is 78.9 Å². The van der Waals surface area contributed by atoms with Gasteiger partial charge in [0.25, 0.3) is 0 Å². The lowest BCUT2D eigenvalue weighted by Gasteiger charge is -2.50. The van der Waals surface area contributed by atoms with Gasteiger partial charge in [-0.25, -0.2) is 0 Å². The lowest BCUT2D eigenvalue weighted by Crippen LogP contribution is -2.57. The second-order valence-corrected chi connectivity index (χ2v) is 9.81. The number of ether oxygens (including phenoxy) is 3. The fourth-order valence-electron chi connectivity index (χ4n) is 6.56. The van der Waals surface area contributed by atoms with Crippen LogP contribution >= 0.6 is 23.2 Å². The molecule has 2 spiro atoms. The number of fused-ring (bicyclic) bond motifs is 1. The maximum absolute atomic E-state index is 13.3. The highest BCUT2D eigenvalue weighted by molar-refractivity contribution is 6.53.